The fourth-order valence-electron chi connectivity index (χ4n) is 2.72. The number of rotatable bonds is 3. The number of benzene rings is 1. The summed E-state index contributed by atoms with van der Waals surface area (Å²) in [4.78, 5) is 27.1. The van der Waals surface area contributed by atoms with Crippen molar-refractivity contribution >= 4 is 11.8 Å². The molecule has 21 heavy (non-hydrogen) atoms. The van der Waals surface area contributed by atoms with Crippen molar-refractivity contribution in [3.05, 3.63) is 35.9 Å². The van der Waals surface area contributed by atoms with Crippen LogP contribution in [0.3, 0.4) is 0 Å². The highest BCUT2D eigenvalue weighted by atomic mass is 16.2. The molecule has 0 radical (unpaired) electrons. The maximum atomic E-state index is 13.1. The van der Waals surface area contributed by atoms with Crippen LogP contribution in [0.15, 0.2) is 30.3 Å². The van der Waals surface area contributed by atoms with Crippen LogP contribution in [-0.4, -0.2) is 28.8 Å². The second kappa shape index (κ2) is 5.51. The van der Waals surface area contributed by atoms with Crippen molar-refractivity contribution < 1.29 is 9.59 Å². The smallest absolute Gasteiger partial charge is 0.253 e. The van der Waals surface area contributed by atoms with Gasteiger partial charge in [-0.2, -0.15) is 0 Å². The summed E-state index contributed by atoms with van der Waals surface area (Å²) < 4.78 is 0. The van der Waals surface area contributed by atoms with Crippen molar-refractivity contribution in [2.24, 2.45) is 0 Å². The summed E-state index contributed by atoms with van der Waals surface area (Å²) >= 11 is 0. The predicted molar refractivity (Wildman–Crippen MR) is 82.6 cm³/mol. The number of hydrogen-bond donors (Lipinski definition) is 1. The molecule has 1 aromatic carbocycles. The zero-order valence-electron chi connectivity index (χ0n) is 13.3. The molecule has 114 valence electrons. The number of carbonyl (C=O) groups is 2. The van der Waals surface area contributed by atoms with Gasteiger partial charge in [-0.05, 0) is 32.8 Å². The molecule has 1 saturated heterocycles. The molecule has 1 fully saturated rings. The highest BCUT2D eigenvalue weighted by molar-refractivity contribution is 5.94. The Bertz CT molecular complexity index is 539. The topological polar surface area (TPSA) is 49.4 Å². The van der Waals surface area contributed by atoms with Gasteiger partial charge in [-0.3, -0.25) is 9.59 Å². The molecule has 0 spiro atoms. The number of nitrogens with zero attached hydrogens (tertiary/aromatic N) is 1. The number of hydrogen-bond acceptors (Lipinski definition) is 2. The van der Waals surface area contributed by atoms with Crippen LogP contribution in [0.1, 0.15) is 46.1 Å². The second-order valence-electron chi connectivity index (χ2n) is 6.41. The van der Waals surface area contributed by atoms with Crippen LogP contribution in [0.4, 0.5) is 0 Å². The fraction of sp³-hybridized carbons (Fsp3) is 0.529. The molecule has 4 heteroatoms. The van der Waals surface area contributed by atoms with Gasteiger partial charge >= 0.3 is 0 Å². The van der Waals surface area contributed by atoms with E-state index in [9.17, 15) is 9.59 Å². The third kappa shape index (κ3) is 2.80. The van der Waals surface area contributed by atoms with E-state index in [1.165, 1.54) is 0 Å². The summed E-state index contributed by atoms with van der Waals surface area (Å²) in [5.41, 5.74) is -0.442. The highest BCUT2D eigenvalue weighted by Crippen LogP contribution is 2.30. The van der Waals surface area contributed by atoms with Crippen molar-refractivity contribution in [1.82, 2.24) is 10.2 Å². The van der Waals surface area contributed by atoms with E-state index >= 15 is 0 Å². The van der Waals surface area contributed by atoms with E-state index in [2.05, 4.69) is 12.2 Å². The van der Waals surface area contributed by atoms with E-state index in [1.807, 2.05) is 49.1 Å². The van der Waals surface area contributed by atoms with Crippen molar-refractivity contribution in [2.45, 2.75) is 51.6 Å². The lowest BCUT2D eigenvalue weighted by Crippen LogP contribution is -2.57. The second-order valence-corrected chi connectivity index (χ2v) is 6.41. The Hall–Kier alpha value is -1.84. The van der Waals surface area contributed by atoms with Gasteiger partial charge in [0.25, 0.3) is 5.91 Å². The quantitative estimate of drug-likeness (QED) is 0.928. The Morgan fingerprint density at radius 3 is 2.43 bits per heavy atom. The molecule has 4 nitrogen and oxygen atoms in total. The minimum Gasteiger partial charge on any atom is -0.338 e. The van der Waals surface area contributed by atoms with Gasteiger partial charge in [0.2, 0.25) is 5.91 Å². The third-order valence-corrected chi connectivity index (χ3v) is 4.57. The first-order valence-corrected chi connectivity index (χ1v) is 7.50. The summed E-state index contributed by atoms with van der Waals surface area (Å²) in [6.45, 7) is 8.42. The summed E-state index contributed by atoms with van der Waals surface area (Å²) in [7, 11) is 0. The Balaban J connectivity index is 2.48. The summed E-state index contributed by atoms with van der Waals surface area (Å²) in [6, 6.07) is 9.46. The molecule has 0 aromatic heterocycles. The first kappa shape index (κ1) is 15.5. The average molecular weight is 288 g/mol. The van der Waals surface area contributed by atoms with Gasteiger partial charge in [0.1, 0.15) is 5.54 Å². The first-order valence-electron chi connectivity index (χ1n) is 7.50. The van der Waals surface area contributed by atoms with Crippen molar-refractivity contribution in [3.8, 4) is 0 Å². The molecule has 0 bridgehead atoms. The Kier molecular flexibility index (Phi) is 4.08. The molecule has 1 aliphatic rings. The summed E-state index contributed by atoms with van der Waals surface area (Å²) in [6.07, 6.45) is 1.19. The molecule has 2 amide bonds. The summed E-state index contributed by atoms with van der Waals surface area (Å²) in [5.74, 6) is -0.115. The molecule has 2 rings (SSSR count). The van der Waals surface area contributed by atoms with Crippen molar-refractivity contribution in [1.29, 1.82) is 0 Å². The van der Waals surface area contributed by atoms with Crippen LogP contribution in [-0.2, 0) is 15.1 Å². The molecule has 1 aliphatic heterocycles. The van der Waals surface area contributed by atoms with E-state index in [1.54, 1.807) is 6.92 Å². The van der Waals surface area contributed by atoms with Crippen LogP contribution in [0.5, 0.6) is 0 Å². The lowest BCUT2D eigenvalue weighted by atomic mass is 9.88. The minimum absolute atomic E-state index is 0.0357. The lowest BCUT2D eigenvalue weighted by Gasteiger charge is -2.41. The van der Waals surface area contributed by atoms with Gasteiger partial charge < -0.3 is 10.2 Å². The standard InChI is InChI=1S/C17H24N2O2/c1-5-16(2,3)19-12-11-14(20)18-17(4,15(19)21)13-9-7-6-8-10-13/h6-10H,5,11-12H2,1-4H3,(H,18,20). The molecule has 0 saturated carbocycles. The molecular formula is C17H24N2O2. The molecule has 1 N–H and O–H groups in total. The maximum Gasteiger partial charge on any atom is 0.253 e. The van der Waals surface area contributed by atoms with Crippen LogP contribution in [0.25, 0.3) is 0 Å². The van der Waals surface area contributed by atoms with Crippen LogP contribution < -0.4 is 5.32 Å². The number of amides is 2. The zero-order chi connectivity index (χ0) is 15.7. The normalized spacial score (nSPS) is 23.7. The Morgan fingerprint density at radius 1 is 1.24 bits per heavy atom. The maximum absolute atomic E-state index is 13.1. The van der Waals surface area contributed by atoms with Crippen molar-refractivity contribution in [2.75, 3.05) is 6.54 Å². The molecule has 1 unspecified atom stereocenters. The predicted octanol–water partition coefficient (Wildman–Crippen LogP) is 2.44. The monoisotopic (exact) mass is 288 g/mol. The van der Waals surface area contributed by atoms with Gasteiger partial charge in [0.05, 0.1) is 0 Å². The molecule has 1 atom stereocenters. The lowest BCUT2D eigenvalue weighted by molar-refractivity contribution is -0.143. The average Bonchev–Trinajstić information content (AvgIpc) is 2.58. The molecule has 1 aromatic rings. The van der Waals surface area contributed by atoms with Gasteiger partial charge in [-0.15, -0.1) is 0 Å². The van der Waals surface area contributed by atoms with Crippen LogP contribution in [0, 0.1) is 0 Å². The molecular weight excluding hydrogens is 264 g/mol. The minimum atomic E-state index is -0.999. The van der Waals surface area contributed by atoms with Gasteiger partial charge in [-0.1, -0.05) is 37.3 Å². The first-order chi connectivity index (χ1) is 9.81. The third-order valence-electron chi connectivity index (χ3n) is 4.57. The molecule has 0 aliphatic carbocycles. The van der Waals surface area contributed by atoms with Crippen LogP contribution in [0.2, 0.25) is 0 Å². The van der Waals surface area contributed by atoms with E-state index < -0.39 is 5.54 Å². The van der Waals surface area contributed by atoms with E-state index in [4.69, 9.17) is 0 Å². The zero-order valence-corrected chi connectivity index (χ0v) is 13.3. The van der Waals surface area contributed by atoms with E-state index in [-0.39, 0.29) is 17.4 Å². The largest absolute Gasteiger partial charge is 0.338 e. The Labute approximate surface area is 126 Å². The number of nitrogens with one attached hydrogen (secondary N) is 1. The fourth-order valence-corrected chi connectivity index (χ4v) is 2.72. The summed E-state index contributed by atoms with van der Waals surface area (Å²) in [5, 5.41) is 2.92. The number of carbonyl (C=O) groups excluding carboxylic acids is 2. The van der Waals surface area contributed by atoms with Crippen molar-refractivity contribution in [3.63, 3.8) is 0 Å². The van der Waals surface area contributed by atoms with E-state index in [0.717, 1.165) is 12.0 Å². The van der Waals surface area contributed by atoms with E-state index in [0.29, 0.717) is 13.0 Å². The molecule has 1 heterocycles. The Morgan fingerprint density at radius 2 is 1.86 bits per heavy atom. The van der Waals surface area contributed by atoms with Crippen LogP contribution >= 0.6 is 0 Å². The SMILES string of the molecule is CCC(C)(C)N1CCC(=O)NC(C)(c2ccccc2)C1=O. The van der Waals surface area contributed by atoms with Gasteiger partial charge in [0, 0.05) is 18.5 Å². The van der Waals surface area contributed by atoms with Gasteiger partial charge in [-0.25, -0.2) is 0 Å². The van der Waals surface area contributed by atoms with Gasteiger partial charge in [0.15, 0.2) is 0 Å². The highest BCUT2D eigenvalue weighted by Gasteiger charge is 2.45.